The molecule has 1 saturated heterocycles. The predicted molar refractivity (Wildman–Crippen MR) is 103 cm³/mol. The smallest absolute Gasteiger partial charge is 0.244 e. The van der Waals surface area contributed by atoms with E-state index in [1.54, 1.807) is 6.07 Å². The maximum atomic E-state index is 12.9. The summed E-state index contributed by atoms with van der Waals surface area (Å²) in [7, 11) is -3.64. The van der Waals surface area contributed by atoms with Crippen LogP contribution in [-0.2, 0) is 10.0 Å². The van der Waals surface area contributed by atoms with Crippen LogP contribution in [0.5, 0.6) is 0 Å². The summed E-state index contributed by atoms with van der Waals surface area (Å²) in [5, 5.41) is 0.572. The van der Waals surface area contributed by atoms with E-state index in [-0.39, 0.29) is 16.0 Å². The van der Waals surface area contributed by atoms with E-state index in [2.05, 4.69) is 30.0 Å². The Morgan fingerprint density at radius 2 is 1.84 bits per heavy atom. The van der Waals surface area contributed by atoms with Gasteiger partial charge in [-0.3, -0.25) is 0 Å². The van der Waals surface area contributed by atoms with Crippen molar-refractivity contribution < 1.29 is 8.42 Å². The molecule has 134 valence electrons. The summed E-state index contributed by atoms with van der Waals surface area (Å²) in [6, 6.07) is 12.8. The Morgan fingerprint density at radius 3 is 2.48 bits per heavy atom. The summed E-state index contributed by atoms with van der Waals surface area (Å²) < 4.78 is 27.4. The molecule has 1 fully saturated rings. The molecule has 1 heterocycles. The second-order valence-corrected chi connectivity index (χ2v) is 9.07. The fourth-order valence-corrected chi connectivity index (χ4v) is 5.41. The number of halogens is 2. The lowest BCUT2D eigenvalue weighted by atomic mass is 10.1. The number of nitrogens with zero attached hydrogens (tertiary/aromatic N) is 2. The minimum atomic E-state index is -3.64. The Balaban J connectivity index is 1.82. The van der Waals surface area contributed by atoms with Crippen LogP contribution in [0.4, 0.5) is 5.69 Å². The lowest BCUT2D eigenvalue weighted by Gasteiger charge is -2.40. The van der Waals surface area contributed by atoms with Gasteiger partial charge in [-0.15, -0.1) is 0 Å². The number of hydrogen-bond acceptors (Lipinski definition) is 3. The number of piperazine rings is 1. The van der Waals surface area contributed by atoms with Crippen LogP contribution < -0.4 is 4.90 Å². The Hall–Kier alpha value is -1.27. The van der Waals surface area contributed by atoms with Crippen molar-refractivity contribution in [2.45, 2.75) is 24.8 Å². The number of anilines is 1. The van der Waals surface area contributed by atoms with Gasteiger partial charge in [0.05, 0.1) is 5.02 Å². The van der Waals surface area contributed by atoms with Crippen molar-refractivity contribution in [3.05, 3.63) is 58.1 Å². The van der Waals surface area contributed by atoms with Gasteiger partial charge in [-0.2, -0.15) is 4.31 Å². The normalized spacial score (nSPS) is 19.2. The Labute approximate surface area is 159 Å². The molecule has 2 aromatic carbocycles. The highest BCUT2D eigenvalue weighted by molar-refractivity contribution is 7.89. The molecule has 0 aliphatic carbocycles. The lowest BCUT2D eigenvalue weighted by molar-refractivity contribution is 0.342. The second-order valence-electron chi connectivity index (χ2n) is 6.32. The molecule has 1 atom stereocenters. The van der Waals surface area contributed by atoms with Crippen LogP contribution in [0.3, 0.4) is 0 Å². The maximum Gasteiger partial charge on any atom is 0.244 e. The molecule has 7 heteroatoms. The number of hydrogen-bond donors (Lipinski definition) is 0. The van der Waals surface area contributed by atoms with Crippen molar-refractivity contribution in [1.29, 1.82) is 0 Å². The van der Waals surface area contributed by atoms with Gasteiger partial charge in [-0.05, 0) is 49.7 Å². The number of benzene rings is 2. The van der Waals surface area contributed by atoms with E-state index in [1.165, 1.54) is 22.0 Å². The molecule has 4 nitrogen and oxygen atoms in total. The zero-order valence-corrected chi connectivity index (χ0v) is 16.4. The van der Waals surface area contributed by atoms with Crippen molar-refractivity contribution in [3.8, 4) is 0 Å². The molecule has 25 heavy (non-hydrogen) atoms. The van der Waals surface area contributed by atoms with Gasteiger partial charge in [0, 0.05) is 36.4 Å². The van der Waals surface area contributed by atoms with E-state index >= 15 is 0 Å². The fraction of sp³-hybridized carbons (Fsp3) is 0.333. The Kier molecular flexibility index (Phi) is 5.30. The SMILES string of the molecule is Cc1cccc(N2CCN(S(=O)(=O)c3ccc(Cl)cc3Cl)CC2C)c1. The maximum absolute atomic E-state index is 12.9. The Bertz CT molecular complexity index is 886. The Morgan fingerprint density at radius 1 is 1.08 bits per heavy atom. The van der Waals surface area contributed by atoms with E-state index < -0.39 is 10.0 Å². The highest BCUT2D eigenvalue weighted by Crippen LogP contribution is 2.30. The molecule has 0 N–H and O–H groups in total. The minimum Gasteiger partial charge on any atom is -0.366 e. The molecular formula is C18H20Cl2N2O2S. The van der Waals surface area contributed by atoms with Crippen LogP contribution in [0.2, 0.25) is 10.0 Å². The number of aryl methyl sites for hydroxylation is 1. The van der Waals surface area contributed by atoms with Crippen LogP contribution in [0.1, 0.15) is 12.5 Å². The lowest BCUT2D eigenvalue weighted by Crippen LogP contribution is -2.53. The van der Waals surface area contributed by atoms with Gasteiger partial charge in [0.15, 0.2) is 0 Å². The summed E-state index contributed by atoms with van der Waals surface area (Å²) in [6.45, 7) is 5.55. The third kappa shape index (κ3) is 3.80. The minimum absolute atomic E-state index is 0.0661. The van der Waals surface area contributed by atoms with E-state index in [0.29, 0.717) is 24.7 Å². The molecule has 3 rings (SSSR count). The van der Waals surface area contributed by atoms with Crippen molar-refractivity contribution in [2.24, 2.45) is 0 Å². The first-order chi connectivity index (χ1) is 11.8. The molecule has 0 saturated carbocycles. The first kappa shape index (κ1) is 18.5. The molecular weight excluding hydrogens is 379 g/mol. The zero-order chi connectivity index (χ0) is 18.2. The summed E-state index contributed by atoms with van der Waals surface area (Å²) in [5.41, 5.74) is 2.31. The van der Waals surface area contributed by atoms with Crippen LogP contribution in [0.15, 0.2) is 47.4 Å². The molecule has 1 aliphatic heterocycles. The van der Waals surface area contributed by atoms with E-state index in [0.717, 1.165) is 5.69 Å². The molecule has 0 bridgehead atoms. The van der Waals surface area contributed by atoms with E-state index in [1.807, 2.05) is 13.0 Å². The first-order valence-corrected chi connectivity index (χ1v) is 10.3. The van der Waals surface area contributed by atoms with Crippen molar-refractivity contribution in [3.63, 3.8) is 0 Å². The van der Waals surface area contributed by atoms with Crippen LogP contribution in [0, 0.1) is 6.92 Å². The summed E-state index contributed by atoms with van der Waals surface area (Å²) >= 11 is 12.0. The highest BCUT2D eigenvalue weighted by atomic mass is 35.5. The van der Waals surface area contributed by atoms with Crippen molar-refractivity contribution in [2.75, 3.05) is 24.5 Å². The van der Waals surface area contributed by atoms with Gasteiger partial charge in [0.1, 0.15) is 4.90 Å². The molecule has 2 aromatic rings. The van der Waals surface area contributed by atoms with Crippen LogP contribution in [-0.4, -0.2) is 38.4 Å². The van der Waals surface area contributed by atoms with Gasteiger partial charge < -0.3 is 4.90 Å². The summed E-state index contributed by atoms with van der Waals surface area (Å²) in [4.78, 5) is 2.34. The topological polar surface area (TPSA) is 40.6 Å². The van der Waals surface area contributed by atoms with E-state index in [9.17, 15) is 8.42 Å². The van der Waals surface area contributed by atoms with Crippen LogP contribution in [0.25, 0.3) is 0 Å². The fourth-order valence-electron chi connectivity index (χ4n) is 3.16. The molecule has 0 spiro atoms. The summed E-state index contributed by atoms with van der Waals surface area (Å²) in [6.07, 6.45) is 0. The molecule has 1 unspecified atom stereocenters. The largest absolute Gasteiger partial charge is 0.366 e. The molecule has 0 radical (unpaired) electrons. The number of sulfonamides is 1. The average molecular weight is 399 g/mol. The van der Waals surface area contributed by atoms with Gasteiger partial charge in [-0.1, -0.05) is 35.3 Å². The molecule has 1 aliphatic rings. The van der Waals surface area contributed by atoms with Gasteiger partial charge in [0.2, 0.25) is 10.0 Å². The highest BCUT2D eigenvalue weighted by Gasteiger charge is 2.33. The molecule has 0 amide bonds. The average Bonchev–Trinajstić information content (AvgIpc) is 2.54. The monoisotopic (exact) mass is 398 g/mol. The van der Waals surface area contributed by atoms with Crippen molar-refractivity contribution >= 4 is 38.9 Å². The van der Waals surface area contributed by atoms with Gasteiger partial charge in [-0.25, -0.2) is 8.42 Å². The quantitative estimate of drug-likeness (QED) is 0.777. The standard InChI is InChI=1S/C18H20Cl2N2O2S/c1-13-4-3-5-16(10-13)22-9-8-21(12-14(22)2)25(23,24)18-7-6-15(19)11-17(18)20/h3-7,10-11,14H,8-9,12H2,1-2H3. The third-order valence-corrected chi connectivity index (χ3v) is 7.02. The van der Waals surface area contributed by atoms with Gasteiger partial charge in [0.25, 0.3) is 0 Å². The van der Waals surface area contributed by atoms with Crippen LogP contribution >= 0.6 is 23.2 Å². The predicted octanol–water partition coefficient (Wildman–Crippen LogP) is 4.20. The third-order valence-electron chi connectivity index (χ3n) is 4.44. The van der Waals surface area contributed by atoms with Crippen molar-refractivity contribution in [1.82, 2.24) is 4.31 Å². The van der Waals surface area contributed by atoms with E-state index in [4.69, 9.17) is 23.2 Å². The number of rotatable bonds is 3. The zero-order valence-electron chi connectivity index (χ0n) is 14.1. The molecule has 0 aromatic heterocycles. The second kappa shape index (κ2) is 7.16. The summed E-state index contributed by atoms with van der Waals surface area (Å²) in [5.74, 6) is 0. The first-order valence-electron chi connectivity index (χ1n) is 8.07. The van der Waals surface area contributed by atoms with Gasteiger partial charge >= 0.3 is 0 Å².